The first-order valence-electron chi connectivity index (χ1n) is 11.8. The zero-order chi connectivity index (χ0) is 23.0. The molecule has 4 aliphatic carbocycles. The van der Waals surface area contributed by atoms with Crippen molar-refractivity contribution >= 4 is 45.5 Å². The molecule has 6 nitrogen and oxygen atoms in total. The zero-order valence-electron chi connectivity index (χ0n) is 19.6. The molecule has 5 rings (SSSR count). The molecule has 4 aliphatic rings. The molecule has 1 aromatic rings. The summed E-state index contributed by atoms with van der Waals surface area (Å²) in [6.07, 6.45) is 8.18. The quantitative estimate of drug-likeness (QED) is 0.433. The number of anilines is 1. The van der Waals surface area contributed by atoms with Crippen LogP contribution in [0.3, 0.4) is 0 Å². The van der Waals surface area contributed by atoms with E-state index in [9.17, 15) is 9.59 Å². The van der Waals surface area contributed by atoms with E-state index in [1.807, 2.05) is 13.8 Å². The molecular formula is C24H35N3O3S2. The lowest BCUT2D eigenvalue weighted by molar-refractivity contribution is -0.0490. The van der Waals surface area contributed by atoms with Gasteiger partial charge in [-0.25, -0.2) is 4.79 Å². The van der Waals surface area contributed by atoms with Crippen LogP contribution in [0.2, 0.25) is 0 Å². The first kappa shape index (κ1) is 23.5. The highest BCUT2D eigenvalue weighted by Crippen LogP contribution is 2.59. The summed E-state index contributed by atoms with van der Waals surface area (Å²) in [6, 6.07) is 0. The third kappa shape index (κ3) is 4.40. The Bertz CT molecular complexity index is 871. The Hall–Kier alpha value is -1.67. The number of hydrogen-bond acceptors (Lipinski definition) is 5. The normalized spacial score (nSPS) is 27.8. The van der Waals surface area contributed by atoms with Crippen LogP contribution in [0, 0.1) is 30.1 Å². The molecule has 8 heteroatoms. The highest BCUT2D eigenvalue weighted by Gasteiger charge is 2.50. The number of carbonyl (C=O) groups is 2. The van der Waals surface area contributed by atoms with E-state index in [4.69, 9.17) is 17.0 Å². The summed E-state index contributed by atoms with van der Waals surface area (Å²) in [6.45, 7) is 7.83. The molecule has 32 heavy (non-hydrogen) atoms. The molecule has 4 fully saturated rings. The number of carbonyl (C=O) groups excluding carboxylic acids is 2. The maximum Gasteiger partial charge on any atom is 0.341 e. The summed E-state index contributed by atoms with van der Waals surface area (Å²) in [5.41, 5.74) is 1.40. The van der Waals surface area contributed by atoms with Gasteiger partial charge in [0.1, 0.15) is 5.00 Å². The SMILES string of the molecule is CCN(CC)C(=O)c1sc(NC(=S)NCC23CC4CC(CC(C4)C2)C3)c(C(=O)OC)c1C. The van der Waals surface area contributed by atoms with Crippen LogP contribution in [0.25, 0.3) is 0 Å². The number of amides is 1. The molecule has 0 saturated heterocycles. The minimum atomic E-state index is -0.455. The summed E-state index contributed by atoms with van der Waals surface area (Å²) in [5.74, 6) is 2.16. The Morgan fingerprint density at radius 2 is 1.69 bits per heavy atom. The Morgan fingerprint density at radius 3 is 2.19 bits per heavy atom. The molecule has 0 spiro atoms. The summed E-state index contributed by atoms with van der Waals surface area (Å²) < 4.78 is 5.01. The van der Waals surface area contributed by atoms with E-state index in [0.717, 1.165) is 24.3 Å². The van der Waals surface area contributed by atoms with Gasteiger partial charge in [-0.15, -0.1) is 11.3 Å². The standard InChI is InChI=1S/C24H35N3O3S2/c1-5-27(6-2)21(28)19-14(3)18(22(29)30-4)20(32-19)26-23(31)25-13-24-10-15-7-16(11-24)9-17(8-15)12-24/h15-17H,5-13H2,1-4H3,(H2,25,26,31). The summed E-state index contributed by atoms with van der Waals surface area (Å²) in [7, 11) is 1.36. The van der Waals surface area contributed by atoms with E-state index in [-0.39, 0.29) is 5.91 Å². The number of nitrogens with one attached hydrogen (secondary N) is 2. The summed E-state index contributed by atoms with van der Waals surface area (Å²) in [4.78, 5) is 27.8. The maximum atomic E-state index is 13.0. The molecule has 0 atom stereocenters. The van der Waals surface area contributed by atoms with Crippen LogP contribution >= 0.6 is 23.6 Å². The Balaban J connectivity index is 1.48. The van der Waals surface area contributed by atoms with Crippen molar-refractivity contribution in [3.63, 3.8) is 0 Å². The van der Waals surface area contributed by atoms with Crippen molar-refractivity contribution in [2.75, 3.05) is 32.1 Å². The van der Waals surface area contributed by atoms with Gasteiger partial charge in [-0.2, -0.15) is 0 Å². The molecule has 2 N–H and O–H groups in total. The highest BCUT2D eigenvalue weighted by molar-refractivity contribution is 7.80. The van der Waals surface area contributed by atoms with Crippen LogP contribution in [-0.4, -0.2) is 48.6 Å². The topological polar surface area (TPSA) is 70.7 Å². The third-order valence-corrected chi connectivity index (χ3v) is 9.24. The van der Waals surface area contributed by atoms with Crippen LogP contribution in [0.5, 0.6) is 0 Å². The second kappa shape index (κ2) is 9.29. The van der Waals surface area contributed by atoms with Crippen LogP contribution < -0.4 is 10.6 Å². The number of thiocarbonyl (C=S) groups is 1. The predicted octanol–water partition coefficient (Wildman–Crippen LogP) is 4.83. The lowest BCUT2D eigenvalue weighted by Gasteiger charge is -2.57. The first-order valence-corrected chi connectivity index (χ1v) is 13.1. The smallest absolute Gasteiger partial charge is 0.341 e. The lowest BCUT2D eigenvalue weighted by atomic mass is 9.49. The van der Waals surface area contributed by atoms with Gasteiger partial charge in [-0.1, -0.05) is 0 Å². The van der Waals surface area contributed by atoms with Crippen molar-refractivity contribution < 1.29 is 14.3 Å². The molecule has 0 aromatic carbocycles. The van der Waals surface area contributed by atoms with Crippen molar-refractivity contribution in [1.82, 2.24) is 10.2 Å². The van der Waals surface area contributed by atoms with E-state index in [1.54, 1.807) is 11.8 Å². The van der Waals surface area contributed by atoms with Gasteiger partial charge < -0.3 is 20.3 Å². The van der Waals surface area contributed by atoms with Gasteiger partial charge in [0.25, 0.3) is 5.91 Å². The molecule has 0 aliphatic heterocycles. The van der Waals surface area contributed by atoms with Crippen molar-refractivity contribution in [2.24, 2.45) is 23.2 Å². The molecule has 4 bridgehead atoms. The monoisotopic (exact) mass is 477 g/mol. The number of thiophene rings is 1. The van der Waals surface area contributed by atoms with E-state index >= 15 is 0 Å². The molecule has 1 amide bonds. The molecule has 0 radical (unpaired) electrons. The minimum Gasteiger partial charge on any atom is -0.465 e. The van der Waals surface area contributed by atoms with Crippen LogP contribution in [-0.2, 0) is 4.74 Å². The van der Waals surface area contributed by atoms with Gasteiger partial charge in [0.15, 0.2) is 5.11 Å². The zero-order valence-corrected chi connectivity index (χ0v) is 21.2. The predicted molar refractivity (Wildman–Crippen MR) is 132 cm³/mol. The number of rotatable bonds is 7. The van der Waals surface area contributed by atoms with E-state index in [2.05, 4.69) is 10.6 Å². The molecular weight excluding hydrogens is 442 g/mol. The second-order valence-electron chi connectivity index (χ2n) is 9.95. The van der Waals surface area contributed by atoms with E-state index in [1.165, 1.54) is 57.0 Å². The van der Waals surface area contributed by atoms with Crippen LogP contribution in [0.1, 0.15) is 78.0 Å². The summed E-state index contributed by atoms with van der Waals surface area (Å²) >= 11 is 6.91. The average molecular weight is 478 g/mol. The van der Waals surface area contributed by atoms with Gasteiger partial charge in [-0.05, 0) is 100 Å². The lowest BCUT2D eigenvalue weighted by Crippen LogP contribution is -2.51. The first-order chi connectivity index (χ1) is 15.3. The van der Waals surface area contributed by atoms with Crippen LogP contribution in [0.15, 0.2) is 0 Å². The molecule has 4 saturated carbocycles. The number of esters is 1. The van der Waals surface area contributed by atoms with Crippen molar-refractivity contribution in [1.29, 1.82) is 0 Å². The van der Waals surface area contributed by atoms with E-state index in [0.29, 0.717) is 44.6 Å². The average Bonchev–Trinajstić information content (AvgIpc) is 3.07. The number of methoxy groups -OCH3 is 1. The van der Waals surface area contributed by atoms with Gasteiger partial charge in [-0.3, -0.25) is 4.79 Å². The van der Waals surface area contributed by atoms with Crippen LogP contribution in [0.4, 0.5) is 5.00 Å². The molecule has 176 valence electrons. The number of ether oxygens (including phenoxy) is 1. The van der Waals surface area contributed by atoms with Crippen molar-refractivity contribution in [3.05, 3.63) is 16.0 Å². The minimum absolute atomic E-state index is 0.0665. The number of hydrogen-bond donors (Lipinski definition) is 2. The number of nitrogens with zero attached hydrogens (tertiary/aromatic N) is 1. The molecule has 0 unspecified atom stereocenters. The van der Waals surface area contributed by atoms with Crippen molar-refractivity contribution in [2.45, 2.75) is 59.3 Å². The Morgan fingerprint density at radius 1 is 1.12 bits per heavy atom. The fourth-order valence-corrected chi connectivity index (χ4v) is 8.14. The Labute approximate surface area is 200 Å². The Kier molecular flexibility index (Phi) is 6.82. The van der Waals surface area contributed by atoms with E-state index < -0.39 is 5.97 Å². The fourth-order valence-electron chi connectivity index (χ4n) is 6.73. The second-order valence-corrected chi connectivity index (χ2v) is 11.4. The fraction of sp³-hybridized carbons (Fsp3) is 0.708. The van der Waals surface area contributed by atoms with Gasteiger partial charge in [0.2, 0.25) is 0 Å². The van der Waals surface area contributed by atoms with Crippen molar-refractivity contribution in [3.8, 4) is 0 Å². The maximum absolute atomic E-state index is 13.0. The van der Waals surface area contributed by atoms with Gasteiger partial charge >= 0.3 is 5.97 Å². The summed E-state index contributed by atoms with van der Waals surface area (Å²) in [5, 5.41) is 7.76. The van der Waals surface area contributed by atoms with Gasteiger partial charge in [0, 0.05) is 19.6 Å². The highest BCUT2D eigenvalue weighted by atomic mass is 32.1. The largest absolute Gasteiger partial charge is 0.465 e. The third-order valence-electron chi connectivity index (χ3n) is 7.80. The molecule has 1 aromatic heterocycles. The van der Waals surface area contributed by atoms with Gasteiger partial charge in [0.05, 0.1) is 17.6 Å². The molecule has 1 heterocycles.